The van der Waals surface area contributed by atoms with Crippen LogP contribution in [-0.2, 0) is 0 Å². The maximum Gasteiger partial charge on any atom is 0.0711 e. The second kappa shape index (κ2) is 16.2. The van der Waals surface area contributed by atoms with E-state index < -0.39 is 0 Å². The fraction of sp³-hybridized carbons (Fsp3) is 0. The van der Waals surface area contributed by atoms with Crippen molar-refractivity contribution in [3.63, 3.8) is 0 Å². The van der Waals surface area contributed by atoms with Crippen molar-refractivity contribution in [3.8, 4) is 54.8 Å². The summed E-state index contributed by atoms with van der Waals surface area (Å²) in [5.41, 5.74) is 19.1. The Morgan fingerprint density at radius 1 is 0.203 bits per heavy atom. The molecule has 4 nitrogen and oxygen atoms in total. The molecule has 16 rings (SSSR count). The Bertz CT molecular complexity index is 4660. The summed E-state index contributed by atoms with van der Waals surface area (Å²) in [4.78, 5) is 2.50. The third-order valence-electron chi connectivity index (χ3n) is 15.2. The first-order valence-corrected chi connectivity index (χ1v) is 26.8. The molecule has 0 aliphatic carbocycles. The minimum atomic E-state index is 1.14. The van der Waals surface area contributed by atoms with E-state index >= 15 is 0 Å². The van der Waals surface area contributed by atoms with Crippen molar-refractivity contribution in [2.45, 2.75) is 0 Å². The van der Waals surface area contributed by atoms with Crippen molar-refractivity contribution in [1.82, 2.24) is 18.3 Å². The van der Waals surface area contributed by atoms with Gasteiger partial charge in [-0.15, -0.1) is 22.7 Å². The van der Waals surface area contributed by atoms with Crippen LogP contribution in [0.2, 0.25) is 0 Å². The van der Waals surface area contributed by atoms with Crippen LogP contribution in [0.3, 0.4) is 0 Å². The highest BCUT2D eigenvalue weighted by atomic mass is 32.1. The van der Waals surface area contributed by atoms with Gasteiger partial charge in [-0.3, -0.25) is 0 Å². The number of rotatable bonds is 7. The fourth-order valence-corrected chi connectivity index (χ4v) is 14.3. The molecule has 0 saturated heterocycles. The third-order valence-corrected chi connectivity index (χ3v) is 17.7. The second-order valence-corrected chi connectivity index (χ2v) is 21.4. The van der Waals surface area contributed by atoms with Crippen LogP contribution in [0.15, 0.2) is 255 Å². The van der Waals surface area contributed by atoms with Crippen molar-refractivity contribution in [3.05, 3.63) is 255 Å². The summed E-state index contributed by atoms with van der Waals surface area (Å²) < 4.78 is 12.3. The van der Waals surface area contributed by atoms with Gasteiger partial charge in [-0.2, -0.15) is 0 Å². The number of fused-ring (bicyclic) bond motifs is 12. The zero-order valence-electron chi connectivity index (χ0n) is 39.9. The van der Waals surface area contributed by atoms with Crippen molar-refractivity contribution in [2.75, 3.05) is 0 Å². The first-order valence-electron chi connectivity index (χ1n) is 25.2. The molecule has 0 bridgehead atoms. The standard InChI is InChI=1S/C68H42N4S2/c1-4-16-47(17-5-1)69-57-25-13-10-22-51(57)54-35-30-44(38-60(54)69)43-28-33-50(34-29-43)72-63-41-65(45-31-36-55-52-23-11-14-26-58(52)70(61(55)39-45)48-18-6-2-7-19-48)73-67(63)68-64(72)42-66(74-68)46-32-37-56-53-24-12-15-27-59(53)71(62(56)40-46)49-20-8-3-9-21-49/h1-42H. The summed E-state index contributed by atoms with van der Waals surface area (Å²) >= 11 is 3.80. The predicted octanol–water partition coefficient (Wildman–Crippen LogP) is 19.2. The molecule has 0 saturated carbocycles. The fourth-order valence-electron chi connectivity index (χ4n) is 11.9. The summed E-state index contributed by atoms with van der Waals surface area (Å²) in [5.74, 6) is 0. The normalized spacial score (nSPS) is 12.1. The van der Waals surface area contributed by atoms with Crippen molar-refractivity contribution in [1.29, 1.82) is 0 Å². The van der Waals surface area contributed by atoms with Gasteiger partial charge in [-0.1, -0.05) is 158 Å². The molecule has 0 aliphatic rings. The summed E-state index contributed by atoms with van der Waals surface area (Å²) in [5, 5.41) is 7.55. The number of thiophene rings is 2. The van der Waals surface area contributed by atoms with Crippen LogP contribution in [0.5, 0.6) is 0 Å². The quantitative estimate of drug-likeness (QED) is 0.152. The molecule has 0 amide bonds. The van der Waals surface area contributed by atoms with Gasteiger partial charge in [0.25, 0.3) is 0 Å². The Kier molecular flexibility index (Phi) is 9.04. The van der Waals surface area contributed by atoms with E-state index in [1.54, 1.807) is 0 Å². The Balaban J connectivity index is 0.874. The molecule has 74 heavy (non-hydrogen) atoms. The Labute approximate surface area is 433 Å². The summed E-state index contributed by atoms with van der Waals surface area (Å²) in [6, 6.07) is 93.7. The number of benzene rings is 10. The molecule has 346 valence electrons. The van der Waals surface area contributed by atoms with Gasteiger partial charge in [0.05, 0.1) is 53.5 Å². The Hall–Kier alpha value is -9.20. The molecule has 6 aromatic heterocycles. The largest absolute Gasteiger partial charge is 0.309 e. The number of aromatic nitrogens is 4. The Morgan fingerprint density at radius 3 is 0.905 bits per heavy atom. The lowest BCUT2D eigenvalue weighted by Gasteiger charge is -2.10. The van der Waals surface area contributed by atoms with Crippen molar-refractivity contribution >= 4 is 109 Å². The van der Waals surface area contributed by atoms with Crippen LogP contribution < -0.4 is 0 Å². The molecular formula is C68H42N4S2. The molecule has 0 aliphatic heterocycles. The van der Waals surface area contributed by atoms with Gasteiger partial charge in [0.1, 0.15) is 0 Å². The molecule has 16 aromatic rings. The van der Waals surface area contributed by atoms with E-state index in [0.29, 0.717) is 0 Å². The van der Waals surface area contributed by atoms with E-state index in [0.717, 1.165) is 22.7 Å². The van der Waals surface area contributed by atoms with E-state index in [4.69, 9.17) is 0 Å². The molecule has 0 spiro atoms. The van der Waals surface area contributed by atoms with Gasteiger partial charge in [-0.25, -0.2) is 0 Å². The minimum absolute atomic E-state index is 1.14. The number of hydrogen-bond donors (Lipinski definition) is 0. The number of para-hydroxylation sites is 6. The molecule has 0 unspecified atom stereocenters. The summed E-state index contributed by atoms with van der Waals surface area (Å²) in [6.07, 6.45) is 0. The van der Waals surface area contributed by atoms with E-state index in [-0.39, 0.29) is 0 Å². The molecule has 0 fully saturated rings. The highest BCUT2D eigenvalue weighted by molar-refractivity contribution is 7.30. The molecule has 0 atom stereocenters. The maximum absolute atomic E-state index is 2.50. The van der Waals surface area contributed by atoms with Gasteiger partial charge in [0.2, 0.25) is 0 Å². The topological polar surface area (TPSA) is 19.7 Å². The van der Waals surface area contributed by atoms with Crippen LogP contribution in [0, 0.1) is 0 Å². The monoisotopic (exact) mass is 978 g/mol. The maximum atomic E-state index is 2.50. The molecule has 10 aromatic carbocycles. The summed E-state index contributed by atoms with van der Waals surface area (Å²) in [7, 11) is 0. The molecule has 0 N–H and O–H groups in total. The van der Waals surface area contributed by atoms with Gasteiger partial charge in [0.15, 0.2) is 0 Å². The minimum Gasteiger partial charge on any atom is -0.309 e. The van der Waals surface area contributed by atoms with Crippen LogP contribution in [0.25, 0.3) is 141 Å². The average molecular weight is 979 g/mol. The molecular weight excluding hydrogens is 937 g/mol. The molecule has 6 heterocycles. The SMILES string of the molecule is c1ccc(-n2c3ccccc3c3ccc(-c4ccc(-n5c6cc(-c7ccc8c9ccccc9n(-c9ccccc9)c8c7)sc6c6sc(-c7ccc8c9ccccc9n(-c9ccccc9)c8c7)cc65)cc4)cc32)cc1. The highest BCUT2D eigenvalue weighted by Gasteiger charge is 2.23. The predicted molar refractivity (Wildman–Crippen MR) is 316 cm³/mol. The van der Waals surface area contributed by atoms with E-state index in [9.17, 15) is 0 Å². The van der Waals surface area contributed by atoms with E-state index in [2.05, 4.69) is 273 Å². The van der Waals surface area contributed by atoms with E-state index in [1.807, 2.05) is 22.7 Å². The zero-order valence-corrected chi connectivity index (χ0v) is 41.5. The zero-order chi connectivity index (χ0) is 48.4. The lowest BCUT2D eigenvalue weighted by molar-refractivity contribution is 1.18. The van der Waals surface area contributed by atoms with E-state index in [1.165, 1.54) is 118 Å². The Morgan fingerprint density at radius 2 is 0.500 bits per heavy atom. The van der Waals surface area contributed by atoms with Crippen LogP contribution in [-0.4, -0.2) is 18.3 Å². The molecule has 6 heteroatoms. The van der Waals surface area contributed by atoms with Crippen LogP contribution in [0.4, 0.5) is 0 Å². The lowest BCUT2D eigenvalue weighted by atomic mass is 10.0. The second-order valence-electron chi connectivity index (χ2n) is 19.3. The van der Waals surface area contributed by atoms with Crippen LogP contribution in [0.1, 0.15) is 0 Å². The number of nitrogens with zero attached hydrogens (tertiary/aromatic N) is 4. The average Bonchev–Trinajstić information content (AvgIpc) is 4.35. The van der Waals surface area contributed by atoms with Gasteiger partial charge in [-0.05, 0) is 119 Å². The third kappa shape index (κ3) is 6.19. The highest BCUT2D eigenvalue weighted by Crippen LogP contribution is 2.48. The smallest absolute Gasteiger partial charge is 0.0711 e. The van der Waals surface area contributed by atoms with Crippen LogP contribution >= 0.6 is 22.7 Å². The van der Waals surface area contributed by atoms with Gasteiger partial charge in [0, 0.05) is 64.8 Å². The molecule has 0 radical (unpaired) electrons. The first-order chi connectivity index (χ1) is 36.7. The van der Waals surface area contributed by atoms with Crippen molar-refractivity contribution in [2.24, 2.45) is 0 Å². The lowest BCUT2D eigenvalue weighted by Crippen LogP contribution is -1.94. The summed E-state index contributed by atoms with van der Waals surface area (Å²) in [6.45, 7) is 0. The van der Waals surface area contributed by atoms with Crippen molar-refractivity contribution < 1.29 is 0 Å². The number of hydrogen-bond acceptors (Lipinski definition) is 2. The first kappa shape index (κ1) is 41.4. The van der Waals surface area contributed by atoms with Gasteiger partial charge < -0.3 is 18.3 Å². The van der Waals surface area contributed by atoms with Gasteiger partial charge >= 0.3 is 0 Å².